The summed E-state index contributed by atoms with van der Waals surface area (Å²) in [5.74, 6) is -1.80. The summed E-state index contributed by atoms with van der Waals surface area (Å²) < 4.78 is 11.2. The van der Waals surface area contributed by atoms with Gasteiger partial charge in [0, 0.05) is 13.0 Å². The molecule has 0 saturated carbocycles. The molecule has 0 aliphatic heterocycles. The standard InChI is InChI=1S/C37H55N3O6/c1-12-13-21-40(33(42)30(24(2)3)39-35(44)46-37(9,10)11)31(28-20-19-25(4)22-26(28)5)32(41)38-29(34(43)45-36(6,7)8)23-27-17-15-14-16-18-27/h14-20,22,24,29-31H,12-13,21,23H2,1-11H3,(H,38,41)(H,39,44). The minimum atomic E-state index is -1.08. The third kappa shape index (κ3) is 12.1. The molecule has 0 bridgehead atoms. The number of amides is 3. The Morgan fingerprint density at radius 2 is 1.46 bits per heavy atom. The van der Waals surface area contributed by atoms with E-state index in [1.165, 1.54) is 4.90 Å². The maximum Gasteiger partial charge on any atom is 0.408 e. The number of benzene rings is 2. The van der Waals surface area contributed by atoms with Crippen LogP contribution in [0.5, 0.6) is 0 Å². The number of aryl methyl sites for hydroxylation is 2. The largest absolute Gasteiger partial charge is 0.458 e. The number of nitrogens with zero attached hydrogens (tertiary/aromatic N) is 1. The number of esters is 1. The molecule has 2 N–H and O–H groups in total. The lowest BCUT2D eigenvalue weighted by Gasteiger charge is -2.37. The normalized spacial score (nSPS) is 13.7. The van der Waals surface area contributed by atoms with E-state index in [0.717, 1.165) is 23.1 Å². The van der Waals surface area contributed by atoms with Crippen molar-refractivity contribution in [3.8, 4) is 0 Å². The topological polar surface area (TPSA) is 114 Å². The number of rotatable bonds is 13. The number of alkyl carbamates (subject to hydrolysis) is 1. The van der Waals surface area contributed by atoms with Crippen LogP contribution < -0.4 is 10.6 Å². The molecule has 9 nitrogen and oxygen atoms in total. The minimum absolute atomic E-state index is 0.207. The monoisotopic (exact) mass is 637 g/mol. The molecule has 3 atom stereocenters. The lowest BCUT2D eigenvalue weighted by molar-refractivity contribution is -0.159. The Bertz CT molecular complexity index is 1330. The summed E-state index contributed by atoms with van der Waals surface area (Å²) >= 11 is 0. The third-order valence-electron chi connectivity index (χ3n) is 7.21. The molecule has 46 heavy (non-hydrogen) atoms. The number of ether oxygens (including phenoxy) is 2. The van der Waals surface area contributed by atoms with Gasteiger partial charge in [-0.3, -0.25) is 9.59 Å². The van der Waals surface area contributed by atoms with Crippen LogP contribution in [0.1, 0.15) is 103 Å². The summed E-state index contributed by atoms with van der Waals surface area (Å²) in [7, 11) is 0. The van der Waals surface area contributed by atoms with Gasteiger partial charge in [0.2, 0.25) is 11.8 Å². The van der Waals surface area contributed by atoms with Gasteiger partial charge < -0.3 is 25.0 Å². The number of hydrogen-bond acceptors (Lipinski definition) is 6. The van der Waals surface area contributed by atoms with Crippen LogP contribution in [0.4, 0.5) is 4.79 Å². The van der Waals surface area contributed by atoms with Gasteiger partial charge in [0.05, 0.1) is 0 Å². The van der Waals surface area contributed by atoms with Gasteiger partial charge in [0.15, 0.2) is 0 Å². The predicted octanol–water partition coefficient (Wildman–Crippen LogP) is 6.59. The first-order valence-electron chi connectivity index (χ1n) is 16.3. The van der Waals surface area contributed by atoms with Gasteiger partial charge in [-0.25, -0.2) is 9.59 Å². The number of carbonyl (C=O) groups excluding carboxylic acids is 4. The van der Waals surface area contributed by atoms with E-state index in [0.29, 0.717) is 12.0 Å². The minimum Gasteiger partial charge on any atom is -0.458 e. The first-order chi connectivity index (χ1) is 21.3. The fourth-order valence-electron chi connectivity index (χ4n) is 5.07. The van der Waals surface area contributed by atoms with E-state index in [1.54, 1.807) is 41.5 Å². The first kappa shape index (κ1) is 38.3. The van der Waals surface area contributed by atoms with E-state index < -0.39 is 53.2 Å². The zero-order chi connectivity index (χ0) is 34.8. The highest BCUT2D eigenvalue weighted by atomic mass is 16.6. The van der Waals surface area contributed by atoms with Gasteiger partial charge in [-0.2, -0.15) is 0 Å². The van der Waals surface area contributed by atoms with Crippen LogP contribution in [0.2, 0.25) is 0 Å². The van der Waals surface area contributed by atoms with E-state index >= 15 is 0 Å². The van der Waals surface area contributed by atoms with Crippen LogP contribution in [0, 0.1) is 19.8 Å². The molecule has 0 aromatic heterocycles. The van der Waals surface area contributed by atoms with Gasteiger partial charge in [-0.15, -0.1) is 0 Å². The Morgan fingerprint density at radius 1 is 0.848 bits per heavy atom. The molecule has 2 aromatic carbocycles. The zero-order valence-corrected chi connectivity index (χ0v) is 29.7. The summed E-state index contributed by atoms with van der Waals surface area (Å²) in [4.78, 5) is 56.9. The molecule has 0 heterocycles. The van der Waals surface area contributed by atoms with E-state index in [1.807, 2.05) is 83.1 Å². The van der Waals surface area contributed by atoms with Crippen molar-refractivity contribution in [1.82, 2.24) is 15.5 Å². The van der Waals surface area contributed by atoms with Gasteiger partial charge in [-0.05, 0) is 84.4 Å². The predicted molar refractivity (Wildman–Crippen MR) is 181 cm³/mol. The molecule has 0 fully saturated rings. The molecule has 3 amide bonds. The molecule has 0 spiro atoms. The fraction of sp³-hybridized carbons (Fsp3) is 0.568. The van der Waals surface area contributed by atoms with E-state index in [-0.39, 0.29) is 18.9 Å². The highest BCUT2D eigenvalue weighted by Crippen LogP contribution is 2.28. The maximum absolute atomic E-state index is 14.5. The van der Waals surface area contributed by atoms with Gasteiger partial charge in [0.25, 0.3) is 0 Å². The highest BCUT2D eigenvalue weighted by Gasteiger charge is 2.39. The molecular weight excluding hydrogens is 582 g/mol. The Labute approximate surface area is 275 Å². The molecule has 0 aliphatic carbocycles. The molecule has 0 radical (unpaired) electrons. The van der Waals surface area contributed by atoms with Crippen molar-refractivity contribution in [3.05, 3.63) is 70.8 Å². The Kier molecular flexibility index (Phi) is 13.8. The number of carbonyl (C=O) groups is 4. The second-order valence-electron chi connectivity index (χ2n) is 14.3. The summed E-state index contributed by atoms with van der Waals surface area (Å²) in [6.07, 6.45) is 0.886. The lowest BCUT2D eigenvalue weighted by atomic mass is 9.94. The summed E-state index contributed by atoms with van der Waals surface area (Å²) in [5, 5.41) is 5.72. The number of nitrogens with one attached hydrogen (secondary N) is 2. The second kappa shape index (κ2) is 16.6. The molecule has 2 aromatic rings. The van der Waals surface area contributed by atoms with Crippen LogP contribution in [-0.4, -0.2) is 58.6 Å². The van der Waals surface area contributed by atoms with E-state index in [4.69, 9.17) is 9.47 Å². The quantitative estimate of drug-likeness (QED) is 0.240. The average Bonchev–Trinajstić information content (AvgIpc) is 2.92. The third-order valence-corrected chi connectivity index (χ3v) is 7.21. The average molecular weight is 638 g/mol. The van der Waals surface area contributed by atoms with Gasteiger partial charge >= 0.3 is 12.1 Å². The lowest BCUT2D eigenvalue weighted by Crippen LogP contribution is -2.56. The Morgan fingerprint density at radius 3 is 1.98 bits per heavy atom. The van der Waals surface area contributed by atoms with Crippen molar-refractivity contribution >= 4 is 23.9 Å². The van der Waals surface area contributed by atoms with Gasteiger partial charge in [-0.1, -0.05) is 81.3 Å². The Hall–Kier alpha value is -3.88. The highest BCUT2D eigenvalue weighted by molar-refractivity contribution is 5.94. The van der Waals surface area contributed by atoms with Crippen LogP contribution in [0.15, 0.2) is 48.5 Å². The van der Waals surface area contributed by atoms with Crippen molar-refractivity contribution < 1.29 is 28.7 Å². The van der Waals surface area contributed by atoms with Crippen LogP contribution in [-0.2, 0) is 30.3 Å². The molecule has 3 unspecified atom stereocenters. The molecule has 254 valence electrons. The Balaban J connectivity index is 2.64. The summed E-state index contributed by atoms with van der Waals surface area (Å²) in [5.41, 5.74) is 1.79. The van der Waals surface area contributed by atoms with Crippen molar-refractivity contribution in [2.24, 2.45) is 5.92 Å². The van der Waals surface area contributed by atoms with Crippen molar-refractivity contribution in [3.63, 3.8) is 0 Å². The SMILES string of the molecule is CCCCN(C(=O)C(NC(=O)OC(C)(C)C)C(C)C)C(C(=O)NC(Cc1ccccc1)C(=O)OC(C)(C)C)c1ccc(C)cc1C. The second-order valence-corrected chi connectivity index (χ2v) is 14.3. The summed E-state index contributed by atoms with van der Waals surface area (Å²) in [6.45, 7) is 20.4. The molecule has 2 rings (SSSR count). The molecule has 0 aliphatic rings. The van der Waals surface area contributed by atoms with Crippen molar-refractivity contribution in [1.29, 1.82) is 0 Å². The van der Waals surface area contributed by atoms with E-state index in [2.05, 4.69) is 10.6 Å². The smallest absolute Gasteiger partial charge is 0.408 e. The first-order valence-corrected chi connectivity index (χ1v) is 16.3. The maximum atomic E-state index is 14.5. The fourth-order valence-corrected chi connectivity index (χ4v) is 5.07. The molecule has 9 heteroatoms. The van der Waals surface area contributed by atoms with Crippen LogP contribution in [0.3, 0.4) is 0 Å². The van der Waals surface area contributed by atoms with Crippen molar-refractivity contribution in [2.45, 2.75) is 125 Å². The molecule has 0 saturated heterocycles. The molecular formula is C37H55N3O6. The zero-order valence-electron chi connectivity index (χ0n) is 29.7. The number of unbranched alkanes of at least 4 members (excludes halogenated alkanes) is 1. The van der Waals surface area contributed by atoms with Crippen LogP contribution in [0.25, 0.3) is 0 Å². The van der Waals surface area contributed by atoms with E-state index in [9.17, 15) is 19.2 Å². The van der Waals surface area contributed by atoms with Gasteiger partial charge in [0.1, 0.15) is 29.3 Å². The summed E-state index contributed by atoms with van der Waals surface area (Å²) in [6, 6.07) is 12.1. The van der Waals surface area contributed by atoms with Crippen LogP contribution >= 0.6 is 0 Å². The van der Waals surface area contributed by atoms with Crippen molar-refractivity contribution in [2.75, 3.05) is 6.54 Å². The number of hydrogen-bond donors (Lipinski definition) is 2.